The van der Waals surface area contributed by atoms with E-state index < -0.39 is 10.8 Å². The molecular weight excluding hydrogens is 272 g/mol. The van der Waals surface area contributed by atoms with E-state index in [0.29, 0.717) is 11.3 Å². The van der Waals surface area contributed by atoms with Crippen LogP contribution in [0, 0.1) is 24.0 Å². The number of hydrogen-bond donors (Lipinski definition) is 2. The molecule has 0 aromatic heterocycles. The molecule has 2 aromatic carbocycles. The quantitative estimate of drug-likeness (QED) is 0.669. The Kier molecular flexibility index (Phi) is 3.89. The number of nitro benzene ring substituents is 1. The second kappa shape index (κ2) is 5.62. The Morgan fingerprint density at radius 1 is 1.19 bits per heavy atom. The van der Waals surface area contributed by atoms with Crippen LogP contribution in [0.4, 0.5) is 11.4 Å². The minimum atomic E-state index is -0.529. The largest absolute Gasteiger partial charge is 0.507 e. The molecule has 0 saturated carbocycles. The number of aromatic hydroxyl groups is 1. The molecule has 0 saturated heterocycles. The molecule has 0 heterocycles. The Morgan fingerprint density at radius 2 is 1.90 bits per heavy atom. The van der Waals surface area contributed by atoms with Gasteiger partial charge in [0.2, 0.25) is 0 Å². The molecule has 6 nitrogen and oxygen atoms in total. The van der Waals surface area contributed by atoms with E-state index in [1.165, 1.54) is 18.2 Å². The summed E-state index contributed by atoms with van der Waals surface area (Å²) in [5.74, 6) is -0.652. The molecule has 0 bridgehead atoms. The maximum atomic E-state index is 12.2. The van der Waals surface area contributed by atoms with Gasteiger partial charge in [-0.1, -0.05) is 17.7 Å². The minimum Gasteiger partial charge on any atom is -0.507 e. The molecule has 0 radical (unpaired) electrons. The summed E-state index contributed by atoms with van der Waals surface area (Å²) in [6.45, 7) is 3.53. The van der Waals surface area contributed by atoms with Gasteiger partial charge in [-0.15, -0.1) is 0 Å². The van der Waals surface area contributed by atoms with Crippen molar-refractivity contribution in [1.29, 1.82) is 0 Å². The van der Waals surface area contributed by atoms with E-state index in [2.05, 4.69) is 5.32 Å². The third kappa shape index (κ3) is 3.17. The fraction of sp³-hybridized carbons (Fsp3) is 0.133. The first-order chi connectivity index (χ1) is 9.88. The fourth-order valence-electron chi connectivity index (χ4n) is 1.88. The maximum Gasteiger partial charge on any atom is 0.271 e. The molecule has 0 atom stereocenters. The number of phenolic OH excluding ortho intramolecular Hbond substituents is 1. The van der Waals surface area contributed by atoms with Gasteiger partial charge < -0.3 is 10.4 Å². The van der Waals surface area contributed by atoms with Crippen molar-refractivity contribution in [2.24, 2.45) is 0 Å². The smallest absolute Gasteiger partial charge is 0.271 e. The van der Waals surface area contributed by atoms with Crippen molar-refractivity contribution < 1.29 is 14.8 Å². The Balaban J connectivity index is 2.33. The molecular formula is C15H14N2O4. The molecule has 2 N–H and O–H groups in total. The molecule has 0 aliphatic rings. The van der Waals surface area contributed by atoms with Gasteiger partial charge in [-0.3, -0.25) is 14.9 Å². The van der Waals surface area contributed by atoms with E-state index in [1.54, 1.807) is 32.0 Å². The monoisotopic (exact) mass is 286 g/mol. The lowest BCUT2D eigenvalue weighted by Crippen LogP contribution is -2.13. The maximum absolute atomic E-state index is 12.2. The third-order valence-electron chi connectivity index (χ3n) is 3.08. The number of nitrogens with zero attached hydrogens (tertiary/aromatic N) is 1. The molecule has 6 heteroatoms. The van der Waals surface area contributed by atoms with Gasteiger partial charge >= 0.3 is 0 Å². The van der Waals surface area contributed by atoms with Crippen LogP contribution in [0.2, 0.25) is 0 Å². The zero-order valence-corrected chi connectivity index (χ0v) is 11.6. The Bertz CT molecular complexity index is 726. The van der Waals surface area contributed by atoms with E-state index in [-0.39, 0.29) is 17.0 Å². The van der Waals surface area contributed by atoms with Gasteiger partial charge in [0.25, 0.3) is 11.6 Å². The molecule has 108 valence electrons. The van der Waals surface area contributed by atoms with Crippen LogP contribution in [0.5, 0.6) is 5.75 Å². The van der Waals surface area contributed by atoms with Crippen LogP contribution in [0.3, 0.4) is 0 Å². The van der Waals surface area contributed by atoms with Gasteiger partial charge in [0.05, 0.1) is 16.2 Å². The van der Waals surface area contributed by atoms with E-state index in [1.807, 2.05) is 0 Å². The second-order valence-electron chi connectivity index (χ2n) is 4.73. The van der Waals surface area contributed by atoms with Gasteiger partial charge in [0, 0.05) is 12.1 Å². The van der Waals surface area contributed by atoms with Crippen molar-refractivity contribution in [3.8, 4) is 5.75 Å². The number of carbonyl (C=O) groups is 1. The summed E-state index contributed by atoms with van der Waals surface area (Å²) in [4.78, 5) is 22.4. The number of benzene rings is 2. The van der Waals surface area contributed by atoms with Crippen molar-refractivity contribution in [3.05, 3.63) is 63.2 Å². The lowest BCUT2D eigenvalue weighted by atomic mass is 10.1. The van der Waals surface area contributed by atoms with Crippen LogP contribution in [0.1, 0.15) is 21.5 Å². The van der Waals surface area contributed by atoms with E-state index in [0.717, 1.165) is 5.56 Å². The fourth-order valence-corrected chi connectivity index (χ4v) is 1.88. The number of non-ortho nitro benzene ring substituents is 1. The number of anilines is 1. The first-order valence-electron chi connectivity index (χ1n) is 6.24. The van der Waals surface area contributed by atoms with Crippen LogP contribution >= 0.6 is 0 Å². The first-order valence-corrected chi connectivity index (χ1v) is 6.24. The number of nitro groups is 1. The van der Waals surface area contributed by atoms with E-state index in [4.69, 9.17) is 0 Å². The third-order valence-corrected chi connectivity index (χ3v) is 3.08. The normalized spacial score (nSPS) is 10.2. The summed E-state index contributed by atoms with van der Waals surface area (Å²) in [6, 6.07) is 8.89. The van der Waals surface area contributed by atoms with Crippen molar-refractivity contribution in [1.82, 2.24) is 0 Å². The average molecular weight is 286 g/mol. The van der Waals surface area contributed by atoms with Crippen molar-refractivity contribution in [2.45, 2.75) is 13.8 Å². The van der Waals surface area contributed by atoms with Gasteiger partial charge in [-0.25, -0.2) is 0 Å². The molecule has 21 heavy (non-hydrogen) atoms. The van der Waals surface area contributed by atoms with Crippen LogP contribution in [-0.2, 0) is 0 Å². The van der Waals surface area contributed by atoms with Crippen LogP contribution < -0.4 is 5.32 Å². The molecule has 0 fully saturated rings. The number of hydrogen-bond acceptors (Lipinski definition) is 4. The lowest BCUT2D eigenvalue weighted by Gasteiger charge is -2.10. The van der Waals surface area contributed by atoms with Gasteiger partial charge in [0.1, 0.15) is 5.75 Å². The highest BCUT2D eigenvalue weighted by molar-refractivity contribution is 6.06. The van der Waals surface area contributed by atoms with Crippen LogP contribution in [0.25, 0.3) is 0 Å². The highest BCUT2D eigenvalue weighted by atomic mass is 16.6. The Hall–Kier alpha value is -2.89. The molecule has 0 aliphatic heterocycles. The van der Waals surface area contributed by atoms with Gasteiger partial charge in [-0.05, 0) is 31.5 Å². The predicted octanol–water partition coefficient (Wildman–Crippen LogP) is 3.17. The van der Waals surface area contributed by atoms with Crippen molar-refractivity contribution in [2.75, 3.05) is 5.32 Å². The summed E-state index contributed by atoms with van der Waals surface area (Å²) < 4.78 is 0. The number of amides is 1. The lowest BCUT2D eigenvalue weighted by molar-refractivity contribution is -0.384. The second-order valence-corrected chi connectivity index (χ2v) is 4.73. The zero-order valence-electron chi connectivity index (χ0n) is 11.6. The predicted molar refractivity (Wildman–Crippen MR) is 78.6 cm³/mol. The number of nitrogens with one attached hydrogen (secondary N) is 1. The number of carbonyl (C=O) groups excluding carboxylic acids is 1. The summed E-state index contributed by atoms with van der Waals surface area (Å²) in [7, 11) is 0. The number of rotatable bonds is 3. The highest BCUT2D eigenvalue weighted by Gasteiger charge is 2.15. The number of phenols is 1. The average Bonchev–Trinajstić information content (AvgIpc) is 2.43. The standard InChI is InChI=1S/C15H14N2O4/c1-9-3-6-14(18)12(7-9)15(19)16-13-8-11(17(20)21)5-4-10(13)2/h3-8,18H,1-2H3,(H,16,19). The van der Waals surface area contributed by atoms with E-state index in [9.17, 15) is 20.0 Å². The SMILES string of the molecule is Cc1ccc(O)c(C(=O)Nc2cc([N+](=O)[O-])ccc2C)c1. The first kappa shape index (κ1) is 14.5. The number of aryl methyl sites for hydroxylation is 2. The zero-order chi connectivity index (χ0) is 15.6. The van der Waals surface area contributed by atoms with Crippen LogP contribution in [0.15, 0.2) is 36.4 Å². The van der Waals surface area contributed by atoms with Crippen molar-refractivity contribution >= 4 is 17.3 Å². The van der Waals surface area contributed by atoms with Crippen molar-refractivity contribution in [3.63, 3.8) is 0 Å². The Morgan fingerprint density at radius 3 is 2.57 bits per heavy atom. The Labute approximate surface area is 121 Å². The minimum absolute atomic E-state index is 0.107. The molecule has 0 unspecified atom stereocenters. The molecule has 1 amide bonds. The highest BCUT2D eigenvalue weighted by Crippen LogP contribution is 2.24. The molecule has 2 rings (SSSR count). The molecule has 0 spiro atoms. The van der Waals surface area contributed by atoms with E-state index >= 15 is 0 Å². The summed E-state index contributed by atoms with van der Waals surface area (Å²) in [5.41, 5.74) is 1.88. The van der Waals surface area contributed by atoms with Crippen LogP contribution in [-0.4, -0.2) is 15.9 Å². The summed E-state index contributed by atoms with van der Waals surface area (Å²) in [5, 5.41) is 23.1. The molecule has 0 aliphatic carbocycles. The topological polar surface area (TPSA) is 92.5 Å². The van der Waals surface area contributed by atoms with Gasteiger partial charge in [0.15, 0.2) is 0 Å². The summed E-state index contributed by atoms with van der Waals surface area (Å²) in [6.07, 6.45) is 0. The summed E-state index contributed by atoms with van der Waals surface area (Å²) >= 11 is 0. The van der Waals surface area contributed by atoms with Gasteiger partial charge in [-0.2, -0.15) is 0 Å². The molecule has 2 aromatic rings.